The third-order valence-electron chi connectivity index (χ3n) is 2.63. The molecule has 0 amide bonds. The molecule has 0 aliphatic carbocycles. The van der Waals surface area contributed by atoms with Crippen molar-refractivity contribution in [1.82, 2.24) is 4.98 Å². The average Bonchev–Trinajstić information content (AvgIpc) is 2.46. The molecule has 0 unspecified atom stereocenters. The summed E-state index contributed by atoms with van der Waals surface area (Å²) in [6.07, 6.45) is 3.03. The first-order valence-electron chi connectivity index (χ1n) is 5.62. The summed E-state index contributed by atoms with van der Waals surface area (Å²) < 4.78 is 13.5. The van der Waals surface area contributed by atoms with Gasteiger partial charge in [0.2, 0.25) is 0 Å². The first kappa shape index (κ1) is 12.7. The molecule has 1 heterocycles. The van der Waals surface area contributed by atoms with Gasteiger partial charge in [0.15, 0.2) is 0 Å². The molecule has 0 saturated heterocycles. The highest BCUT2D eigenvalue weighted by atomic mass is 19.1. The van der Waals surface area contributed by atoms with Gasteiger partial charge in [-0.15, -0.1) is 0 Å². The van der Waals surface area contributed by atoms with Gasteiger partial charge in [0.05, 0.1) is 11.9 Å². The van der Waals surface area contributed by atoms with Crippen molar-refractivity contribution in [2.45, 2.75) is 6.54 Å². The summed E-state index contributed by atoms with van der Waals surface area (Å²) in [7, 11) is 0. The van der Waals surface area contributed by atoms with E-state index < -0.39 is 0 Å². The largest absolute Gasteiger partial charge is 0.379 e. The van der Waals surface area contributed by atoms with E-state index in [2.05, 4.69) is 10.3 Å². The Balaban J connectivity index is 2.19. The van der Waals surface area contributed by atoms with E-state index in [9.17, 15) is 4.39 Å². The van der Waals surface area contributed by atoms with Gasteiger partial charge in [-0.25, -0.2) is 4.39 Å². The van der Waals surface area contributed by atoms with Gasteiger partial charge in [0.1, 0.15) is 17.6 Å². The van der Waals surface area contributed by atoms with Crippen LogP contribution in [0.1, 0.15) is 11.1 Å². The number of rotatable bonds is 4. The highest BCUT2D eigenvalue weighted by Gasteiger charge is 2.08. The predicted molar refractivity (Wildman–Crippen MR) is 70.4 cm³/mol. The molecule has 0 spiro atoms. The van der Waals surface area contributed by atoms with Crippen LogP contribution < -0.4 is 5.32 Å². The third-order valence-corrected chi connectivity index (χ3v) is 2.63. The van der Waals surface area contributed by atoms with Gasteiger partial charge in [0, 0.05) is 23.9 Å². The van der Waals surface area contributed by atoms with Gasteiger partial charge in [-0.2, -0.15) is 5.26 Å². The SMILES string of the molecule is N#CC(=N)c1ccncc1NCc1ccccc1F. The lowest BCUT2D eigenvalue weighted by Crippen LogP contribution is -2.07. The highest BCUT2D eigenvalue weighted by molar-refractivity contribution is 6.12. The minimum atomic E-state index is -0.296. The van der Waals surface area contributed by atoms with Crippen LogP contribution in [0.15, 0.2) is 42.7 Å². The normalized spacial score (nSPS) is 9.68. The van der Waals surface area contributed by atoms with Crippen molar-refractivity contribution in [3.8, 4) is 6.07 Å². The van der Waals surface area contributed by atoms with Gasteiger partial charge >= 0.3 is 0 Å². The number of anilines is 1. The van der Waals surface area contributed by atoms with Crippen molar-refractivity contribution in [2.75, 3.05) is 5.32 Å². The van der Waals surface area contributed by atoms with Gasteiger partial charge in [-0.05, 0) is 12.1 Å². The summed E-state index contributed by atoms with van der Waals surface area (Å²) in [5, 5.41) is 19.3. The second-order valence-electron chi connectivity index (χ2n) is 3.85. The van der Waals surface area contributed by atoms with E-state index in [1.54, 1.807) is 30.3 Å². The smallest absolute Gasteiger partial charge is 0.141 e. The molecule has 0 saturated carbocycles. The minimum absolute atomic E-state index is 0.154. The highest BCUT2D eigenvalue weighted by Crippen LogP contribution is 2.16. The lowest BCUT2D eigenvalue weighted by atomic mass is 10.1. The number of nitriles is 1. The molecule has 0 aliphatic rings. The maximum absolute atomic E-state index is 13.5. The van der Waals surface area contributed by atoms with Crippen LogP contribution in [0.25, 0.3) is 0 Å². The molecule has 0 aliphatic heterocycles. The fourth-order valence-corrected chi connectivity index (χ4v) is 1.65. The molecule has 1 aromatic heterocycles. The fourth-order valence-electron chi connectivity index (χ4n) is 1.65. The molecule has 1 aromatic carbocycles. The lowest BCUT2D eigenvalue weighted by molar-refractivity contribution is 0.613. The van der Waals surface area contributed by atoms with E-state index in [1.807, 2.05) is 0 Å². The van der Waals surface area contributed by atoms with Crippen molar-refractivity contribution < 1.29 is 4.39 Å². The summed E-state index contributed by atoms with van der Waals surface area (Å²) in [6, 6.07) is 9.79. The maximum Gasteiger partial charge on any atom is 0.141 e. The zero-order valence-electron chi connectivity index (χ0n) is 10.0. The second kappa shape index (κ2) is 5.74. The zero-order chi connectivity index (χ0) is 13.7. The Morgan fingerprint density at radius 2 is 2.16 bits per heavy atom. The average molecular weight is 254 g/mol. The van der Waals surface area contributed by atoms with Gasteiger partial charge < -0.3 is 5.32 Å². The van der Waals surface area contributed by atoms with Gasteiger partial charge in [-0.1, -0.05) is 18.2 Å². The molecule has 0 atom stereocenters. The monoisotopic (exact) mass is 254 g/mol. The summed E-state index contributed by atoms with van der Waals surface area (Å²) in [6.45, 7) is 0.268. The Bertz CT molecular complexity index is 646. The van der Waals surface area contributed by atoms with E-state index in [1.165, 1.54) is 18.5 Å². The van der Waals surface area contributed by atoms with Gasteiger partial charge in [-0.3, -0.25) is 10.4 Å². The molecule has 2 aromatic rings. The number of hydrogen-bond acceptors (Lipinski definition) is 4. The van der Waals surface area contributed by atoms with E-state index >= 15 is 0 Å². The Labute approximate surface area is 110 Å². The Morgan fingerprint density at radius 3 is 2.89 bits per heavy atom. The number of pyridine rings is 1. The van der Waals surface area contributed by atoms with Crippen LogP contribution in [0.5, 0.6) is 0 Å². The molecule has 19 heavy (non-hydrogen) atoms. The molecule has 4 nitrogen and oxygen atoms in total. The van der Waals surface area contributed by atoms with Crippen molar-refractivity contribution in [3.63, 3.8) is 0 Å². The van der Waals surface area contributed by atoms with Crippen molar-refractivity contribution in [2.24, 2.45) is 0 Å². The Kier molecular flexibility index (Phi) is 3.84. The van der Waals surface area contributed by atoms with E-state index in [4.69, 9.17) is 10.7 Å². The molecule has 0 fully saturated rings. The van der Waals surface area contributed by atoms with Crippen LogP contribution in [0, 0.1) is 22.6 Å². The van der Waals surface area contributed by atoms with Crippen molar-refractivity contribution >= 4 is 11.4 Å². The molecule has 0 radical (unpaired) electrons. The van der Waals surface area contributed by atoms with Crippen LogP contribution in [0.2, 0.25) is 0 Å². The number of benzene rings is 1. The number of hydrogen-bond donors (Lipinski definition) is 2. The fraction of sp³-hybridized carbons (Fsp3) is 0.0714. The molecular formula is C14H11FN4. The molecular weight excluding hydrogens is 243 g/mol. The molecule has 0 bridgehead atoms. The molecule has 94 valence electrons. The summed E-state index contributed by atoms with van der Waals surface area (Å²) in [5.41, 5.74) is 1.35. The number of nitrogens with zero attached hydrogens (tertiary/aromatic N) is 2. The van der Waals surface area contributed by atoms with Crippen LogP contribution >= 0.6 is 0 Å². The first-order chi connectivity index (χ1) is 9.22. The van der Waals surface area contributed by atoms with Crippen molar-refractivity contribution in [3.05, 3.63) is 59.7 Å². The number of nitrogens with one attached hydrogen (secondary N) is 2. The second-order valence-corrected chi connectivity index (χ2v) is 3.85. The predicted octanol–water partition coefficient (Wildman–Crippen LogP) is 2.72. The first-order valence-corrected chi connectivity index (χ1v) is 5.62. The van der Waals surface area contributed by atoms with Crippen LogP contribution in [0.4, 0.5) is 10.1 Å². The van der Waals surface area contributed by atoms with Crippen molar-refractivity contribution in [1.29, 1.82) is 10.7 Å². The van der Waals surface area contributed by atoms with E-state index in [0.717, 1.165) is 0 Å². The maximum atomic E-state index is 13.5. The molecule has 5 heteroatoms. The zero-order valence-corrected chi connectivity index (χ0v) is 10.0. The summed E-state index contributed by atoms with van der Waals surface area (Å²) in [5.74, 6) is -0.296. The van der Waals surface area contributed by atoms with Crippen LogP contribution in [-0.4, -0.2) is 10.7 Å². The quantitative estimate of drug-likeness (QED) is 0.824. The Morgan fingerprint density at radius 1 is 1.37 bits per heavy atom. The molecule has 2 N–H and O–H groups in total. The van der Waals surface area contributed by atoms with Gasteiger partial charge in [0.25, 0.3) is 0 Å². The summed E-state index contributed by atoms with van der Waals surface area (Å²) in [4.78, 5) is 3.93. The standard InChI is InChI=1S/C14H11FN4/c15-12-4-2-1-3-10(12)8-19-14-9-18-6-5-11(14)13(17)7-16/h1-6,9,17,19H,8H2. The van der Waals surface area contributed by atoms with Crippen LogP contribution in [0.3, 0.4) is 0 Å². The summed E-state index contributed by atoms with van der Waals surface area (Å²) >= 11 is 0. The lowest BCUT2D eigenvalue weighted by Gasteiger charge is -2.10. The third kappa shape index (κ3) is 2.93. The van der Waals surface area contributed by atoms with E-state index in [0.29, 0.717) is 16.8 Å². The topological polar surface area (TPSA) is 72.6 Å². The number of halogens is 1. The molecule has 2 rings (SSSR count). The number of aromatic nitrogens is 1. The Hall–Kier alpha value is -2.74. The van der Waals surface area contributed by atoms with Crippen LogP contribution in [-0.2, 0) is 6.54 Å². The van der Waals surface area contributed by atoms with E-state index in [-0.39, 0.29) is 18.1 Å². The minimum Gasteiger partial charge on any atom is -0.379 e.